The van der Waals surface area contributed by atoms with E-state index in [1.165, 1.54) is 70.6 Å². The van der Waals surface area contributed by atoms with Crippen molar-refractivity contribution in [3.8, 4) is 0 Å². The molecule has 1 N–H and O–H groups in total. The van der Waals surface area contributed by atoms with Crippen molar-refractivity contribution in [1.29, 1.82) is 0 Å². The zero-order valence-electron chi connectivity index (χ0n) is 19.8. The van der Waals surface area contributed by atoms with Crippen molar-refractivity contribution in [3.63, 3.8) is 0 Å². The SMILES string of the molecule is CC(=O)[O-].CC(=O)[O-].CC(=O)[O-].CCCCCCCCCCCCCCCC(=O)O.[In+3]. The Labute approximate surface area is 206 Å². The maximum atomic E-state index is 10.3. The first-order valence-electron chi connectivity index (χ1n) is 10.7. The number of aliphatic carboxylic acids is 4. The second kappa shape index (κ2) is 36.1. The second-order valence-corrected chi connectivity index (χ2v) is 6.86. The summed E-state index contributed by atoms with van der Waals surface area (Å²) in [5, 5.41) is 35.2. The maximum absolute atomic E-state index is 10.3. The molecule has 0 saturated carbocycles. The van der Waals surface area contributed by atoms with Crippen LogP contribution < -0.4 is 15.3 Å². The Kier molecular flexibility index (Phi) is 46.8. The van der Waals surface area contributed by atoms with E-state index in [0.717, 1.165) is 33.6 Å². The van der Waals surface area contributed by atoms with Gasteiger partial charge >= 0.3 is 31.8 Å². The van der Waals surface area contributed by atoms with Crippen LogP contribution in [0.3, 0.4) is 0 Å². The molecule has 0 atom stereocenters. The molecule has 0 rings (SSSR count). The minimum absolute atomic E-state index is 0. The third kappa shape index (κ3) is 109. The van der Waals surface area contributed by atoms with Crippen LogP contribution in [0.2, 0.25) is 0 Å². The Bertz CT molecular complexity index is 374. The van der Waals surface area contributed by atoms with Gasteiger partial charge in [0.1, 0.15) is 0 Å². The molecule has 8 nitrogen and oxygen atoms in total. The van der Waals surface area contributed by atoms with Gasteiger partial charge in [0.05, 0.1) is 0 Å². The second-order valence-electron chi connectivity index (χ2n) is 6.86. The van der Waals surface area contributed by atoms with Crippen molar-refractivity contribution >= 4 is 49.7 Å². The number of hydrogen-bond donors (Lipinski definition) is 1. The predicted molar refractivity (Wildman–Crippen MR) is 116 cm³/mol. The van der Waals surface area contributed by atoms with Gasteiger partial charge in [-0.25, -0.2) is 0 Å². The van der Waals surface area contributed by atoms with Gasteiger partial charge in [-0.15, -0.1) is 0 Å². The Hall–Kier alpha value is -1.25. The van der Waals surface area contributed by atoms with E-state index in [9.17, 15) is 4.79 Å². The standard InChI is InChI=1S/C16H32O2.3C2H4O2.In/c1-2-3-4-5-6-7-8-9-10-11-12-13-14-15-16(17)18;3*1-2(3)4;/h2-15H2,1H3,(H,17,18);3*1H3,(H,3,4);/q;;;;+3/p-3. The van der Waals surface area contributed by atoms with Crippen LogP contribution in [0.15, 0.2) is 0 Å². The van der Waals surface area contributed by atoms with Crippen LogP contribution >= 0.6 is 0 Å². The molecule has 0 aliphatic heterocycles. The molecule has 0 aliphatic rings. The van der Waals surface area contributed by atoms with Crippen molar-refractivity contribution in [2.24, 2.45) is 0 Å². The molecule has 0 spiro atoms. The number of carbonyl (C=O) groups excluding carboxylic acids is 3. The molecule has 180 valence electrons. The summed E-state index contributed by atoms with van der Waals surface area (Å²) in [5.41, 5.74) is 0. The van der Waals surface area contributed by atoms with Gasteiger partial charge in [-0.2, -0.15) is 0 Å². The van der Waals surface area contributed by atoms with Crippen LogP contribution in [0.1, 0.15) is 118 Å². The molecule has 0 radical (unpaired) electrons. The fourth-order valence-corrected chi connectivity index (χ4v) is 2.29. The number of hydrogen-bond acceptors (Lipinski definition) is 7. The molecule has 0 saturated heterocycles. The molecule has 0 unspecified atom stereocenters. The van der Waals surface area contributed by atoms with E-state index in [1.54, 1.807) is 0 Å². The molecule has 0 fully saturated rings. The van der Waals surface area contributed by atoms with E-state index in [1.807, 2.05) is 0 Å². The van der Waals surface area contributed by atoms with Gasteiger partial charge in [0, 0.05) is 24.3 Å². The summed E-state index contributed by atoms with van der Waals surface area (Å²) < 4.78 is 0. The smallest absolute Gasteiger partial charge is 0.550 e. The average molecular weight is 548 g/mol. The van der Waals surface area contributed by atoms with Crippen LogP contribution in [-0.4, -0.2) is 54.8 Å². The first-order chi connectivity index (χ1) is 14.0. The quantitative estimate of drug-likeness (QED) is 0.320. The van der Waals surface area contributed by atoms with Gasteiger partial charge < -0.3 is 34.8 Å². The molecule has 0 heterocycles. The molecule has 0 aromatic carbocycles. The van der Waals surface area contributed by atoms with Gasteiger partial charge in [-0.05, 0) is 27.2 Å². The van der Waals surface area contributed by atoms with Crippen LogP contribution in [0.5, 0.6) is 0 Å². The van der Waals surface area contributed by atoms with Gasteiger partial charge in [0.15, 0.2) is 0 Å². The molecular formula is C22H41InO8. The zero-order valence-corrected chi connectivity index (χ0v) is 23.1. The molecule has 0 amide bonds. The topological polar surface area (TPSA) is 158 Å². The minimum atomic E-state index is -1.08. The Morgan fingerprint density at radius 3 is 0.935 bits per heavy atom. The maximum Gasteiger partial charge on any atom is 3.00 e. The predicted octanol–water partition coefficient (Wildman–Crippen LogP) is 1.44. The first kappa shape index (κ1) is 40.1. The molecule has 0 bridgehead atoms. The summed E-state index contributed by atoms with van der Waals surface area (Å²) in [6, 6.07) is 0. The monoisotopic (exact) mass is 548 g/mol. The number of unbranched alkanes of at least 4 members (excludes halogenated alkanes) is 12. The summed E-state index contributed by atoms with van der Waals surface area (Å²) in [6.45, 7) is 5.18. The van der Waals surface area contributed by atoms with Gasteiger partial charge in [0.25, 0.3) is 0 Å². The normalized spacial score (nSPS) is 8.65. The van der Waals surface area contributed by atoms with Gasteiger partial charge in [0.2, 0.25) is 0 Å². The van der Waals surface area contributed by atoms with E-state index < -0.39 is 23.9 Å². The van der Waals surface area contributed by atoms with E-state index in [0.29, 0.717) is 6.42 Å². The molecule has 0 aromatic rings. The van der Waals surface area contributed by atoms with Crippen molar-refractivity contribution in [2.45, 2.75) is 118 Å². The third-order valence-corrected chi connectivity index (χ3v) is 3.49. The van der Waals surface area contributed by atoms with E-state index in [2.05, 4.69) is 6.92 Å². The Morgan fingerprint density at radius 1 is 0.548 bits per heavy atom. The van der Waals surface area contributed by atoms with Crippen LogP contribution in [0, 0.1) is 0 Å². The first-order valence-corrected chi connectivity index (χ1v) is 10.7. The summed E-state index contributed by atoms with van der Waals surface area (Å²) in [5.74, 6) is -3.90. The summed E-state index contributed by atoms with van der Waals surface area (Å²) >= 11 is 0. The van der Waals surface area contributed by atoms with E-state index in [-0.39, 0.29) is 25.8 Å². The molecule has 0 aromatic heterocycles. The number of carboxylic acid groups (broad SMARTS) is 4. The molecule has 31 heavy (non-hydrogen) atoms. The van der Waals surface area contributed by atoms with Crippen molar-refractivity contribution < 1.29 is 39.6 Å². The van der Waals surface area contributed by atoms with Crippen LogP contribution in [-0.2, 0) is 19.2 Å². The van der Waals surface area contributed by atoms with Gasteiger partial charge in [-0.3, -0.25) is 4.79 Å². The molecule has 0 aliphatic carbocycles. The summed E-state index contributed by atoms with van der Waals surface area (Å²) in [7, 11) is 0. The van der Waals surface area contributed by atoms with Crippen molar-refractivity contribution in [1.82, 2.24) is 0 Å². The fraction of sp³-hybridized carbons (Fsp3) is 0.818. The summed E-state index contributed by atoms with van der Waals surface area (Å²) in [4.78, 5) is 37.0. The average Bonchev–Trinajstić information content (AvgIpc) is 2.57. The summed E-state index contributed by atoms with van der Waals surface area (Å²) in [6.07, 6.45) is 17.3. The van der Waals surface area contributed by atoms with Crippen LogP contribution in [0.25, 0.3) is 0 Å². The Morgan fingerprint density at radius 2 is 0.742 bits per heavy atom. The van der Waals surface area contributed by atoms with E-state index >= 15 is 0 Å². The van der Waals surface area contributed by atoms with Gasteiger partial charge in [-0.1, -0.05) is 84.0 Å². The minimum Gasteiger partial charge on any atom is -0.550 e. The molecular weight excluding hydrogens is 507 g/mol. The largest absolute Gasteiger partial charge is 3.00 e. The van der Waals surface area contributed by atoms with E-state index in [4.69, 9.17) is 34.8 Å². The van der Waals surface area contributed by atoms with Crippen molar-refractivity contribution in [2.75, 3.05) is 0 Å². The number of rotatable bonds is 14. The zero-order chi connectivity index (χ0) is 24.2. The Balaban J connectivity index is -0.000000142. The fourth-order valence-electron chi connectivity index (χ4n) is 2.29. The number of carbonyl (C=O) groups is 4. The number of carboxylic acids is 4. The molecule has 9 heteroatoms. The third-order valence-electron chi connectivity index (χ3n) is 3.49. The van der Waals surface area contributed by atoms with Crippen LogP contribution in [0.4, 0.5) is 0 Å². The van der Waals surface area contributed by atoms with Crippen molar-refractivity contribution in [3.05, 3.63) is 0 Å².